The standard InChI is InChI=1S/C27H28N2S.C19H23BrN2.C12H19N.C8H6S.C8H5S.C7H6BrNO.C5H3Br2N.C4H10O.C2H4.CH4.3CH3.Sn/c1-17(2)21-11-8-12-22(18(3)4)27(21)28-19(5)23-13-9-14-24(29-23)26-16-20-10-6-7-15-25(20)30-26;1-12(2)15-8-6-9-16(13(3)4)19(15)21-14(5)17-10-7-11-18(20)22-17;1-8(2)10-6-5-7-11(9(3)4)12(10)13;2*1-2-4-8-7(3-1)5-6-9-8;1-5(10)6-3-2-4-7(8)9-6;6-4-2-1-3-5(7)8-4;1-3-5-4-2;1-2;;;;;/h6-18H,1-5H3;6-13H,1-5H3;5-9H,13H2,1-4H3;1-6H;1-5H;2-4H,1H3;1-3H;3-4H2,1-2H3;1-2H2;1H4;3*1H3;. The van der Waals surface area contributed by atoms with E-state index in [9.17, 15) is 4.79 Å². The predicted molar refractivity (Wildman–Crippen MR) is 517 cm³/mol. The third-order valence-corrected chi connectivity index (χ3v) is 31.6. The predicted octanol–water partition coefficient (Wildman–Crippen LogP) is 31.6. The molecule has 0 unspecified atom stereocenters. The summed E-state index contributed by atoms with van der Waals surface area (Å²) in [6.45, 7) is 43.7. The van der Waals surface area contributed by atoms with Crippen LogP contribution in [0.2, 0.25) is 14.8 Å². The zero-order valence-electron chi connectivity index (χ0n) is 69.0. The van der Waals surface area contributed by atoms with Crippen molar-refractivity contribution in [2.24, 2.45) is 9.98 Å². The first kappa shape index (κ1) is 98.4. The molecule has 7 heterocycles. The number of pyridine rings is 4. The molecule has 0 radical (unpaired) electrons. The normalized spacial score (nSPS) is 11.1. The number of aliphatic imine (C=N–C) groups is 2. The van der Waals surface area contributed by atoms with Gasteiger partial charge in [0.1, 0.15) is 24.1 Å². The third kappa shape index (κ3) is 32.2. The van der Waals surface area contributed by atoms with Gasteiger partial charge in [0, 0.05) is 35.2 Å². The molecular weight excluding hydrogens is 1820 g/mol. The second-order valence-corrected chi connectivity index (χ2v) is 50.7. The average Bonchev–Trinajstić information content (AvgIpc) is 1.52. The summed E-state index contributed by atoms with van der Waals surface area (Å²) in [5.41, 5.74) is 22.2. The van der Waals surface area contributed by atoms with Crippen LogP contribution in [0.15, 0.2) is 265 Å². The van der Waals surface area contributed by atoms with Gasteiger partial charge in [-0.05, 0) is 249 Å². The quantitative estimate of drug-likeness (QED) is 0.0270. The smallest absolute Gasteiger partial charge is 0.0342 e. The van der Waals surface area contributed by atoms with E-state index < -0.39 is 18.4 Å². The number of benzene rings is 6. The van der Waals surface area contributed by atoms with Crippen LogP contribution in [-0.4, -0.2) is 68.7 Å². The minimum atomic E-state index is -1.80. The molecule has 7 aromatic heterocycles. The van der Waals surface area contributed by atoms with Gasteiger partial charge in [0.15, 0.2) is 5.78 Å². The van der Waals surface area contributed by atoms with Crippen molar-refractivity contribution in [3.05, 3.63) is 306 Å². The van der Waals surface area contributed by atoms with E-state index in [1.54, 1.807) is 43.8 Å². The van der Waals surface area contributed by atoms with Crippen molar-refractivity contribution in [3.8, 4) is 10.6 Å². The molecule has 6 aromatic carbocycles. The van der Waals surface area contributed by atoms with Crippen LogP contribution in [0.3, 0.4) is 0 Å². The number of Topliss-reactive ketones (excluding diaryl/α,β-unsaturated/α-hetero) is 1. The van der Waals surface area contributed by atoms with Crippen LogP contribution in [0.1, 0.15) is 216 Å². The fraction of sp³-hybridized carbons (Fsp3) is 0.302. The van der Waals surface area contributed by atoms with Crippen LogP contribution in [0.25, 0.3) is 40.8 Å². The van der Waals surface area contributed by atoms with Gasteiger partial charge in [0.25, 0.3) is 0 Å². The second kappa shape index (κ2) is 50.5. The molecule has 17 heteroatoms. The number of hydrogen-bond acceptors (Lipinski definition) is 12. The van der Waals surface area contributed by atoms with Gasteiger partial charge in [-0.2, -0.15) is 0 Å². The first-order valence-electron chi connectivity index (χ1n) is 38.1. The minimum absolute atomic E-state index is 0. The molecule has 0 aliphatic carbocycles. The summed E-state index contributed by atoms with van der Waals surface area (Å²) in [5.74, 6) is 2.75. The van der Waals surface area contributed by atoms with Crippen molar-refractivity contribution < 1.29 is 9.53 Å². The van der Waals surface area contributed by atoms with Crippen LogP contribution >= 0.6 is 97.7 Å². The number of carbonyl (C=O) groups excluding carboxylic acids is 1. The van der Waals surface area contributed by atoms with Gasteiger partial charge in [0.05, 0.1) is 44.8 Å². The van der Waals surface area contributed by atoms with Crippen molar-refractivity contribution in [3.63, 3.8) is 0 Å². The molecule has 0 saturated heterocycles. The maximum absolute atomic E-state index is 10.7. The molecule has 113 heavy (non-hydrogen) atoms. The molecule has 9 nitrogen and oxygen atoms in total. The number of para-hydroxylation sites is 3. The summed E-state index contributed by atoms with van der Waals surface area (Å²) < 4.78 is 13.9. The molecule has 598 valence electrons. The number of ketones is 1. The van der Waals surface area contributed by atoms with E-state index in [-0.39, 0.29) is 13.2 Å². The second-order valence-electron chi connectivity index (χ2n) is 29.0. The third-order valence-electron chi connectivity index (χ3n) is 17.2. The Balaban J connectivity index is 0.000000287. The maximum atomic E-state index is 10.7. The number of carbonyl (C=O) groups is 1. The van der Waals surface area contributed by atoms with Gasteiger partial charge in [0.2, 0.25) is 0 Å². The van der Waals surface area contributed by atoms with E-state index >= 15 is 0 Å². The van der Waals surface area contributed by atoms with E-state index in [4.69, 9.17) is 25.4 Å². The molecule has 0 aliphatic heterocycles. The first-order chi connectivity index (χ1) is 53.3. The van der Waals surface area contributed by atoms with E-state index in [1.165, 1.54) is 75.4 Å². The van der Waals surface area contributed by atoms with Crippen LogP contribution < -0.4 is 8.63 Å². The van der Waals surface area contributed by atoms with Gasteiger partial charge >= 0.3 is 87.8 Å². The Morgan fingerprint density at radius 1 is 0.425 bits per heavy atom. The summed E-state index contributed by atoms with van der Waals surface area (Å²) in [4.78, 5) is 46.8. The zero-order valence-corrected chi connectivity index (χ0v) is 80.6. The number of nitrogen functional groups attached to an aromatic ring is 1. The molecule has 13 aromatic rings. The molecule has 0 aliphatic rings. The molecule has 0 spiro atoms. The summed E-state index contributed by atoms with van der Waals surface area (Å²) in [5, 5.41) is 6.16. The number of thiophene rings is 3. The topological polar surface area (TPSA) is 129 Å². The number of fused-ring (bicyclic) bond motifs is 3. The van der Waals surface area contributed by atoms with Gasteiger partial charge in [-0.3, -0.25) is 14.8 Å². The van der Waals surface area contributed by atoms with Gasteiger partial charge < -0.3 is 10.5 Å². The number of nitrogens with two attached hydrogens (primary N) is 1. The zero-order chi connectivity index (χ0) is 82.8. The van der Waals surface area contributed by atoms with Crippen LogP contribution in [0.5, 0.6) is 0 Å². The summed E-state index contributed by atoms with van der Waals surface area (Å²) in [6, 6.07) is 74.8. The average molecular weight is 1940 g/mol. The monoisotopic (exact) mass is 1930 g/mol. The van der Waals surface area contributed by atoms with E-state index in [1.807, 2.05) is 68.5 Å². The Kier molecular flexibility index (Phi) is 44.0. The Morgan fingerprint density at radius 3 is 1.12 bits per heavy atom. The van der Waals surface area contributed by atoms with Gasteiger partial charge in [-0.15, -0.1) is 35.8 Å². The number of nitrogens with zero attached hydrogens (tertiary/aromatic N) is 6. The van der Waals surface area contributed by atoms with Crippen molar-refractivity contribution in [1.82, 2.24) is 19.9 Å². The summed E-state index contributed by atoms with van der Waals surface area (Å²) in [6.07, 6.45) is 0. The molecule has 0 fully saturated rings. The molecule has 0 amide bonds. The van der Waals surface area contributed by atoms with Crippen molar-refractivity contribution in [1.29, 1.82) is 0 Å². The summed E-state index contributed by atoms with van der Waals surface area (Å²) in [7, 11) is 0. The van der Waals surface area contributed by atoms with Gasteiger partial charge in [-0.25, -0.2) is 19.9 Å². The van der Waals surface area contributed by atoms with E-state index in [0.29, 0.717) is 45.8 Å². The van der Waals surface area contributed by atoms with Crippen molar-refractivity contribution >= 4 is 184 Å². The van der Waals surface area contributed by atoms with E-state index in [2.05, 4.69) is 366 Å². The molecule has 13 rings (SSSR count). The number of aromatic nitrogens is 4. The molecule has 0 saturated carbocycles. The number of rotatable bonds is 15. The molecular formula is C96H117Br4N7O2S3Sn. The Labute approximate surface area is 726 Å². The SMILES string of the molecule is Brc1cccc(Br)n1.C.C=C.CC(=Nc1c(C(C)C)cccc1C(C)C)c1cccc(-c2cc3ccccc3s2)n1.CC(=Nc1c(C(C)C)cccc1C(C)C)c1cccc(Br)n1.CC(=O)c1cccc(Br)n1.CC(C)c1cccc(C(C)C)c1N.CCOCC.[CH3][Sn]([CH3])([CH3])[c]1cc2ccccc2s1.c1ccc2sccc2c1. The van der Waals surface area contributed by atoms with Crippen molar-refractivity contribution in [2.75, 3.05) is 18.9 Å². The number of ether oxygens (including phenoxy) is 1. The Bertz CT molecular complexity index is 4920. The molecule has 2 N–H and O–H groups in total. The first-order valence-corrected chi connectivity index (χ1v) is 53.7. The fourth-order valence-electron chi connectivity index (χ4n) is 11.3. The maximum Gasteiger partial charge on any atom is 0.0342 e. The minimum Gasteiger partial charge on any atom is -0.144 e. The van der Waals surface area contributed by atoms with Crippen LogP contribution in [0, 0.1) is 0 Å². The number of anilines is 1. The van der Waals surface area contributed by atoms with Crippen LogP contribution in [0.4, 0.5) is 17.1 Å². The molecule has 0 bridgehead atoms. The molecule has 0 atom stereocenters. The fourth-order valence-corrected chi connectivity index (χ4v) is 21.1. The number of halogens is 4. The van der Waals surface area contributed by atoms with Gasteiger partial charge in [-0.1, -0.05) is 206 Å². The Morgan fingerprint density at radius 2 is 0.770 bits per heavy atom. The van der Waals surface area contributed by atoms with Crippen molar-refractivity contribution in [2.45, 2.75) is 175 Å². The number of hydrogen-bond donors (Lipinski definition) is 1. The van der Waals surface area contributed by atoms with E-state index in [0.717, 1.165) is 72.6 Å². The Hall–Kier alpha value is -6.97. The summed E-state index contributed by atoms with van der Waals surface area (Å²) >= 11 is 16.8. The largest absolute Gasteiger partial charge is 0.144 e. The van der Waals surface area contributed by atoms with Crippen LogP contribution in [-0.2, 0) is 4.74 Å².